The fraction of sp³-hybridized carbons (Fsp3) is 0.588. The molecule has 116 valence electrons. The van der Waals surface area contributed by atoms with Crippen molar-refractivity contribution in [2.24, 2.45) is 5.73 Å². The van der Waals surface area contributed by atoms with Crippen molar-refractivity contribution in [2.75, 3.05) is 6.61 Å². The van der Waals surface area contributed by atoms with E-state index in [0.717, 1.165) is 38.8 Å². The SMILES string of the molecule is CCC1(CC)CC(NCc2ccc(C(N)=O)cc2)CCO1. The first-order valence-electron chi connectivity index (χ1n) is 7.84. The quantitative estimate of drug-likeness (QED) is 0.846. The number of benzene rings is 1. The maximum Gasteiger partial charge on any atom is 0.248 e. The minimum Gasteiger partial charge on any atom is -0.375 e. The third-order valence-corrected chi connectivity index (χ3v) is 4.61. The van der Waals surface area contributed by atoms with Crippen molar-refractivity contribution in [2.45, 2.75) is 57.7 Å². The predicted molar refractivity (Wildman–Crippen MR) is 84.1 cm³/mol. The summed E-state index contributed by atoms with van der Waals surface area (Å²) in [6.07, 6.45) is 4.25. The van der Waals surface area contributed by atoms with Gasteiger partial charge >= 0.3 is 0 Å². The van der Waals surface area contributed by atoms with Crippen molar-refractivity contribution >= 4 is 5.91 Å². The second kappa shape index (κ2) is 7.05. The summed E-state index contributed by atoms with van der Waals surface area (Å²) in [5, 5.41) is 3.61. The summed E-state index contributed by atoms with van der Waals surface area (Å²) in [5.74, 6) is -0.380. The molecule has 0 radical (unpaired) electrons. The van der Waals surface area contributed by atoms with Crippen LogP contribution in [0.1, 0.15) is 55.5 Å². The average molecular weight is 290 g/mol. The molecule has 1 atom stereocenters. The first-order chi connectivity index (χ1) is 10.1. The van der Waals surface area contributed by atoms with E-state index in [4.69, 9.17) is 10.5 Å². The van der Waals surface area contributed by atoms with Crippen molar-refractivity contribution in [3.05, 3.63) is 35.4 Å². The minimum atomic E-state index is -0.380. The normalized spacial score (nSPS) is 21.1. The molecule has 0 bridgehead atoms. The van der Waals surface area contributed by atoms with E-state index in [1.54, 1.807) is 12.1 Å². The number of rotatable bonds is 6. The molecule has 4 nitrogen and oxygen atoms in total. The lowest BCUT2D eigenvalue weighted by Gasteiger charge is -2.40. The van der Waals surface area contributed by atoms with Crippen molar-refractivity contribution in [3.8, 4) is 0 Å². The van der Waals surface area contributed by atoms with Gasteiger partial charge in [-0.2, -0.15) is 0 Å². The molecule has 21 heavy (non-hydrogen) atoms. The molecule has 1 saturated heterocycles. The van der Waals surface area contributed by atoms with Crippen molar-refractivity contribution in [1.29, 1.82) is 0 Å². The lowest BCUT2D eigenvalue weighted by atomic mass is 9.86. The highest BCUT2D eigenvalue weighted by molar-refractivity contribution is 5.92. The number of carbonyl (C=O) groups is 1. The van der Waals surface area contributed by atoms with Crippen LogP contribution in [0.15, 0.2) is 24.3 Å². The molecule has 0 spiro atoms. The lowest BCUT2D eigenvalue weighted by Crippen LogP contribution is -2.46. The summed E-state index contributed by atoms with van der Waals surface area (Å²) in [5.41, 5.74) is 7.02. The first kappa shape index (κ1) is 16.0. The number of hydrogen-bond acceptors (Lipinski definition) is 3. The monoisotopic (exact) mass is 290 g/mol. The summed E-state index contributed by atoms with van der Waals surface area (Å²) in [6, 6.07) is 7.98. The van der Waals surface area contributed by atoms with E-state index in [9.17, 15) is 4.79 Å². The Kier molecular flexibility index (Phi) is 5.37. The molecule has 1 amide bonds. The molecule has 4 heteroatoms. The van der Waals surface area contributed by atoms with Crippen LogP contribution in [-0.4, -0.2) is 24.2 Å². The summed E-state index contributed by atoms with van der Waals surface area (Å²) < 4.78 is 6.00. The van der Waals surface area contributed by atoms with Crippen LogP contribution in [0, 0.1) is 0 Å². The number of amides is 1. The molecule has 3 N–H and O–H groups in total. The van der Waals surface area contributed by atoms with Crippen molar-refractivity contribution in [3.63, 3.8) is 0 Å². The summed E-state index contributed by atoms with van der Waals surface area (Å²) in [6.45, 7) is 6.05. The lowest BCUT2D eigenvalue weighted by molar-refractivity contribution is -0.0932. The number of ether oxygens (including phenoxy) is 1. The highest BCUT2D eigenvalue weighted by atomic mass is 16.5. The molecule has 0 aliphatic carbocycles. The second-order valence-electron chi connectivity index (χ2n) is 5.87. The van der Waals surface area contributed by atoms with Crippen LogP contribution in [-0.2, 0) is 11.3 Å². The Balaban J connectivity index is 1.89. The Labute approximate surface area is 127 Å². The van der Waals surface area contributed by atoms with Crippen LogP contribution >= 0.6 is 0 Å². The minimum absolute atomic E-state index is 0.0474. The van der Waals surface area contributed by atoms with Gasteiger partial charge in [0.2, 0.25) is 5.91 Å². The molecule has 1 aliphatic rings. The molecule has 1 aliphatic heterocycles. The molecule has 0 aromatic heterocycles. The van der Waals surface area contributed by atoms with E-state index in [1.807, 2.05) is 12.1 Å². The van der Waals surface area contributed by atoms with Crippen LogP contribution in [0.25, 0.3) is 0 Å². The van der Waals surface area contributed by atoms with Gasteiger partial charge in [-0.15, -0.1) is 0 Å². The molecule has 1 unspecified atom stereocenters. The zero-order chi connectivity index (χ0) is 15.3. The second-order valence-corrected chi connectivity index (χ2v) is 5.87. The third kappa shape index (κ3) is 4.05. The molecule has 1 aromatic carbocycles. The first-order valence-corrected chi connectivity index (χ1v) is 7.84. The highest BCUT2D eigenvalue weighted by Gasteiger charge is 2.34. The van der Waals surface area contributed by atoms with Gasteiger partial charge in [-0.1, -0.05) is 26.0 Å². The number of carbonyl (C=O) groups excluding carboxylic acids is 1. The Morgan fingerprint density at radius 3 is 2.57 bits per heavy atom. The van der Waals surface area contributed by atoms with Crippen LogP contribution in [0.5, 0.6) is 0 Å². The van der Waals surface area contributed by atoms with Gasteiger partial charge in [0.05, 0.1) is 5.60 Å². The fourth-order valence-corrected chi connectivity index (χ4v) is 2.99. The van der Waals surface area contributed by atoms with Crippen LogP contribution in [0.3, 0.4) is 0 Å². The maximum atomic E-state index is 11.0. The standard InChI is InChI=1S/C17H26N2O2/c1-3-17(4-2)11-15(9-10-21-17)19-12-13-5-7-14(8-6-13)16(18)20/h5-8,15,19H,3-4,9-12H2,1-2H3,(H2,18,20). The predicted octanol–water partition coefficient (Wildman–Crippen LogP) is 2.61. The average Bonchev–Trinajstić information content (AvgIpc) is 2.53. The Bertz CT molecular complexity index is 466. The Morgan fingerprint density at radius 1 is 1.33 bits per heavy atom. The van der Waals surface area contributed by atoms with Crippen molar-refractivity contribution < 1.29 is 9.53 Å². The van der Waals surface area contributed by atoms with Gasteiger partial charge in [0.15, 0.2) is 0 Å². The van der Waals surface area contributed by atoms with Gasteiger partial charge < -0.3 is 15.8 Å². The van der Waals surface area contributed by atoms with Crippen LogP contribution < -0.4 is 11.1 Å². The van der Waals surface area contributed by atoms with Crippen molar-refractivity contribution in [1.82, 2.24) is 5.32 Å². The van der Waals surface area contributed by atoms with Gasteiger partial charge in [0, 0.05) is 24.8 Å². The molecule has 1 aromatic rings. The largest absolute Gasteiger partial charge is 0.375 e. The third-order valence-electron chi connectivity index (χ3n) is 4.61. The van der Waals surface area contributed by atoms with E-state index in [-0.39, 0.29) is 11.5 Å². The summed E-state index contributed by atoms with van der Waals surface area (Å²) in [7, 11) is 0. The van der Waals surface area contributed by atoms with Crippen LogP contribution in [0.2, 0.25) is 0 Å². The number of nitrogens with one attached hydrogen (secondary N) is 1. The van der Waals surface area contributed by atoms with Gasteiger partial charge in [-0.05, 0) is 43.4 Å². The number of nitrogens with two attached hydrogens (primary N) is 1. The van der Waals surface area contributed by atoms with Crippen LogP contribution in [0.4, 0.5) is 0 Å². The summed E-state index contributed by atoms with van der Waals surface area (Å²) in [4.78, 5) is 11.0. The number of primary amides is 1. The molecular weight excluding hydrogens is 264 g/mol. The van der Waals surface area contributed by atoms with Gasteiger partial charge in [-0.3, -0.25) is 4.79 Å². The van der Waals surface area contributed by atoms with E-state index >= 15 is 0 Å². The molecule has 2 rings (SSSR count). The zero-order valence-corrected chi connectivity index (χ0v) is 13.0. The smallest absolute Gasteiger partial charge is 0.248 e. The van der Waals surface area contributed by atoms with E-state index < -0.39 is 0 Å². The Hall–Kier alpha value is -1.39. The maximum absolute atomic E-state index is 11.0. The molecular formula is C17H26N2O2. The zero-order valence-electron chi connectivity index (χ0n) is 13.0. The highest BCUT2D eigenvalue weighted by Crippen LogP contribution is 2.31. The van der Waals surface area contributed by atoms with Gasteiger partial charge in [-0.25, -0.2) is 0 Å². The number of hydrogen-bond donors (Lipinski definition) is 2. The Morgan fingerprint density at radius 2 is 2.00 bits per heavy atom. The van der Waals surface area contributed by atoms with E-state index in [2.05, 4.69) is 19.2 Å². The van der Waals surface area contributed by atoms with E-state index in [0.29, 0.717) is 11.6 Å². The van der Waals surface area contributed by atoms with Gasteiger partial charge in [0.25, 0.3) is 0 Å². The van der Waals surface area contributed by atoms with Gasteiger partial charge in [0.1, 0.15) is 0 Å². The fourth-order valence-electron chi connectivity index (χ4n) is 2.99. The molecule has 1 heterocycles. The molecule has 1 fully saturated rings. The van der Waals surface area contributed by atoms with E-state index in [1.165, 1.54) is 5.56 Å². The topological polar surface area (TPSA) is 64.3 Å². The molecule has 0 saturated carbocycles. The summed E-state index contributed by atoms with van der Waals surface area (Å²) >= 11 is 0.